The summed E-state index contributed by atoms with van der Waals surface area (Å²) in [5.41, 5.74) is 0.499. The zero-order valence-electron chi connectivity index (χ0n) is 14.8. The Kier molecular flexibility index (Phi) is 4.10. The molecule has 2 aromatic rings. The van der Waals surface area contributed by atoms with Crippen LogP contribution in [0.1, 0.15) is 19.8 Å². The van der Waals surface area contributed by atoms with Crippen LogP contribution in [0.15, 0.2) is 41.3 Å². The molecular formula is C19H20N2O5S. The summed E-state index contributed by atoms with van der Waals surface area (Å²) in [4.78, 5) is 25.8. The first kappa shape index (κ1) is 17.8. The van der Waals surface area contributed by atoms with Gasteiger partial charge in [-0.15, -0.1) is 0 Å². The highest BCUT2D eigenvalue weighted by molar-refractivity contribution is 7.93. The number of carbonyl (C=O) groups excluding carboxylic acids is 1. The molecule has 0 bridgehead atoms. The van der Waals surface area contributed by atoms with Gasteiger partial charge in [-0.1, -0.05) is 31.2 Å². The van der Waals surface area contributed by atoms with Gasteiger partial charge in [-0.05, 0) is 30.4 Å². The van der Waals surface area contributed by atoms with E-state index in [9.17, 15) is 18.0 Å². The molecule has 1 aliphatic heterocycles. The summed E-state index contributed by atoms with van der Waals surface area (Å²) in [5.74, 6) is -2.04. The van der Waals surface area contributed by atoms with Crippen molar-refractivity contribution in [3.63, 3.8) is 0 Å². The van der Waals surface area contributed by atoms with Crippen LogP contribution in [-0.4, -0.2) is 49.4 Å². The lowest BCUT2D eigenvalue weighted by molar-refractivity contribution is -0.143. The average Bonchev–Trinajstić information content (AvgIpc) is 3.44. The summed E-state index contributed by atoms with van der Waals surface area (Å²) < 4.78 is 27.1. The average molecular weight is 388 g/mol. The van der Waals surface area contributed by atoms with Gasteiger partial charge in [-0.25, -0.2) is 8.42 Å². The van der Waals surface area contributed by atoms with Crippen LogP contribution in [0.3, 0.4) is 0 Å². The lowest BCUT2D eigenvalue weighted by Gasteiger charge is -2.27. The second-order valence-electron chi connectivity index (χ2n) is 7.16. The number of hydrogen-bond donors (Lipinski definition) is 1. The molecule has 1 amide bonds. The van der Waals surface area contributed by atoms with Gasteiger partial charge in [0, 0.05) is 18.0 Å². The monoisotopic (exact) mass is 388 g/mol. The molecular weight excluding hydrogens is 368 g/mol. The molecule has 0 saturated heterocycles. The van der Waals surface area contributed by atoms with Crippen LogP contribution >= 0.6 is 0 Å². The molecule has 0 spiro atoms. The predicted molar refractivity (Wildman–Crippen MR) is 100 cm³/mol. The summed E-state index contributed by atoms with van der Waals surface area (Å²) >= 11 is 0. The van der Waals surface area contributed by atoms with Crippen LogP contribution in [0.2, 0.25) is 0 Å². The first-order chi connectivity index (χ1) is 12.8. The molecule has 2 aliphatic rings. The Morgan fingerprint density at radius 2 is 1.89 bits per heavy atom. The Morgan fingerprint density at radius 3 is 2.52 bits per heavy atom. The van der Waals surface area contributed by atoms with Gasteiger partial charge >= 0.3 is 5.97 Å². The minimum absolute atomic E-state index is 0.00257. The third kappa shape index (κ3) is 2.93. The van der Waals surface area contributed by atoms with E-state index < -0.39 is 21.9 Å². The molecule has 1 N–H and O–H groups in total. The fourth-order valence-electron chi connectivity index (χ4n) is 3.56. The molecule has 4 rings (SSSR count). The van der Waals surface area contributed by atoms with Crippen molar-refractivity contribution < 1.29 is 23.1 Å². The summed E-state index contributed by atoms with van der Waals surface area (Å²) in [6.45, 7) is 1.32. The zero-order chi connectivity index (χ0) is 19.3. The molecule has 8 heteroatoms. The number of anilines is 1. The van der Waals surface area contributed by atoms with Crippen molar-refractivity contribution in [3.05, 3.63) is 36.4 Å². The smallest absolute Gasteiger partial charge is 0.308 e. The highest BCUT2D eigenvalue weighted by Gasteiger charge is 2.40. The van der Waals surface area contributed by atoms with Crippen molar-refractivity contribution in [2.45, 2.75) is 30.7 Å². The van der Waals surface area contributed by atoms with Crippen molar-refractivity contribution >= 4 is 38.4 Å². The number of nitrogens with zero attached hydrogens (tertiary/aromatic N) is 2. The quantitative estimate of drug-likeness (QED) is 0.817. The second-order valence-corrected chi connectivity index (χ2v) is 8.99. The van der Waals surface area contributed by atoms with E-state index in [0.717, 1.165) is 22.5 Å². The van der Waals surface area contributed by atoms with Gasteiger partial charge in [0.1, 0.15) is 6.54 Å². The lowest BCUT2D eigenvalue weighted by atomic mass is 10.1. The number of rotatable bonds is 6. The van der Waals surface area contributed by atoms with E-state index in [1.54, 1.807) is 31.2 Å². The van der Waals surface area contributed by atoms with Crippen LogP contribution in [0.5, 0.6) is 0 Å². The molecule has 142 valence electrons. The topological polar surface area (TPSA) is 95.0 Å². The molecule has 1 aliphatic carbocycles. The minimum atomic E-state index is -3.81. The third-order valence-electron chi connectivity index (χ3n) is 5.16. The van der Waals surface area contributed by atoms with Gasteiger partial charge in [-0.2, -0.15) is 0 Å². The van der Waals surface area contributed by atoms with Gasteiger partial charge < -0.3 is 10.0 Å². The maximum absolute atomic E-state index is 13.0. The molecule has 0 aromatic heterocycles. The van der Waals surface area contributed by atoms with Crippen LogP contribution in [-0.2, 0) is 19.6 Å². The van der Waals surface area contributed by atoms with Crippen molar-refractivity contribution in [2.75, 3.05) is 17.4 Å². The number of benzene rings is 2. The summed E-state index contributed by atoms with van der Waals surface area (Å²) in [5, 5.41) is 10.6. The zero-order valence-corrected chi connectivity index (χ0v) is 15.6. The van der Waals surface area contributed by atoms with Gasteiger partial charge in [0.2, 0.25) is 5.91 Å². The Morgan fingerprint density at radius 1 is 1.22 bits per heavy atom. The van der Waals surface area contributed by atoms with Crippen molar-refractivity contribution in [2.24, 2.45) is 5.92 Å². The van der Waals surface area contributed by atoms with Crippen molar-refractivity contribution in [3.8, 4) is 0 Å². The molecule has 0 radical (unpaired) electrons. The highest BCUT2D eigenvalue weighted by Crippen LogP contribution is 2.42. The molecule has 1 unspecified atom stereocenters. The van der Waals surface area contributed by atoms with Gasteiger partial charge in [0.25, 0.3) is 10.0 Å². The van der Waals surface area contributed by atoms with E-state index in [1.165, 1.54) is 4.90 Å². The maximum Gasteiger partial charge on any atom is 0.308 e. The lowest BCUT2D eigenvalue weighted by Crippen LogP contribution is -2.45. The van der Waals surface area contributed by atoms with E-state index in [1.807, 2.05) is 12.1 Å². The molecule has 1 atom stereocenters. The molecule has 7 nitrogen and oxygen atoms in total. The standard InChI is InChI=1S/C19H20N2O5S/c1-12(19(23)24)10-20(14-8-9-14)17(22)11-21-15-6-2-4-13-5-3-7-16(18(13)15)27(21,25)26/h2-7,12,14H,8-11H2,1H3,(H,23,24). The maximum atomic E-state index is 13.0. The van der Waals surface area contributed by atoms with E-state index in [-0.39, 0.29) is 29.9 Å². The molecule has 27 heavy (non-hydrogen) atoms. The van der Waals surface area contributed by atoms with Gasteiger partial charge in [0.15, 0.2) is 0 Å². The number of carboxylic acid groups (broad SMARTS) is 1. The van der Waals surface area contributed by atoms with Crippen LogP contribution < -0.4 is 4.31 Å². The SMILES string of the molecule is CC(CN(C(=O)CN1c2cccc3cccc(c23)S1(=O)=O)C1CC1)C(=O)O. The minimum Gasteiger partial charge on any atom is -0.481 e. The first-order valence-electron chi connectivity index (χ1n) is 8.87. The van der Waals surface area contributed by atoms with Crippen LogP contribution in [0, 0.1) is 5.92 Å². The number of aliphatic carboxylic acids is 1. The van der Waals surface area contributed by atoms with E-state index in [4.69, 9.17) is 5.11 Å². The van der Waals surface area contributed by atoms with Crippen molar-refractivity contribution in [1.29, 1.82) is 0 Å². The Bertz CT molecular complexity index is 1040. The molecule has 1 saturated carbocycles. The fraction of sp³-hybridized carbons (Fsp3) is 0.368. The second kappa shape index (κ2) is 6.23. The van der Waals surface area contributed by atoms with E-state index in [2.05, 4.69) is 0 Å². The van der Waals surface area contributed by atoms with E-state index >= 15 is 0 Å². The summed E-state index contributed by atoms with van der Waals surface area (Å²) in [6.07, 6.45) is 1.64. The van der Waals surface area contributed by atoms with Gasteiger partial charge in [0.05, 0.1) is 16.5 Å². The number of carbonyl (C=O) groups is 2. The van der Waals surface area contributed by atoms with Gasteiger partial charge in [-0.3, -0.25) is 13.9 Å². The van der Waals surface area contributed by atoms with Crippen LogP contribution in [0.25, 0.3) is 10.8 Å². The summed E-state index contributed by atoms with van der Waals surface area (Å²) in [7, 11) is -3.81. The normalized spacial score (nSPS) is 18.5. The Balaban J connectivity index is 1.65. The Hall–Kier alpha value is -2.61. The number of sulfonamides is 1. The molecule has 1 fully saturated rings. The summed E-state index contributed by atoms with van der Waals surface area (Å²) in [6, 6.07) is 10.4. The van der Waals surface area contributed by atoms with Crippen LogP contribution in [0.4, 0.5) is 5.69 Å². The van der Waals surface area contributed by atoms with Crippen molar-refractivity contribution in [1.82, 2.24) is 4.90 Å². The number of carboxylic acids is 1. The Labute approximate surface area is 157 Å². The first-order valence-corrected chi connectivity index (χ1v) is 10.3. The fourth-order valence-corrected chi connectivity index (χ4v) is 5.22. The molecule has 2 aromatic carbocycles. The largest absolute Gasteiger partial charge is 0.481 e. The van der Waals surface area contributed by atoms with E-state index in [0.29, 0.717) is 11.1 Å². The highest BCUT2D eigenvalue weighted by atomic mass is 32.2. The predicted octanol–water partition coefficient (Wildman–Crippen LogP) is 2.06. The number of hydrogen-bond acceptors (Lipinski definition) is 4. The number of amides is 1. The third-order valence-corrected chi connectivity index (χ3v) is 6.96. The molecule has 1 heterocycles.